The second-order valence-corrected chi connectivity index (χ2v) is 6.05. The molecule has 2 rings (SSSR count). The van der Waals surface area contributed by atoms with Crippen molar-refractivity contribution in [2.45, 2.75) is 38.2 Å². The van der Waals surface area contributed by atoms with Crippen LogP contribution in [0.2, 0.25) is 0 Å². The average Bonchev–Trinajstić information content (AvgIpc) is 2.41. The first-order chi connectivity index (χ1) is 9.54. The van der Waals surface area contributed by atoms with Crippen molar-refractivity contribution in [2.24, 2.45) is 5.92 Å². The van der Waals surface area contributed by atoms with E-state index >= 15 is 0 Å². The van der Waals surface area contributed by atoms with E-state index < -0.39 is 5.60 Å². The van der Waals surface area contributed by atoms with Crippen molar-refractivity contribution >= 4 is 5.97 Å². The number of nitrogens with zero attached hydrogens (tertiary/aromatic N) is 1. The topological polar surface area (TPSA) is 29.5 Å². The Kier molecular flexibility index (Phi) is 4.81. The van der Waals surface area contributed by atoms with E-state index in [9.17, 15) is 4.79 Å². The number of hydrogen-bond donors (Lipinski definition) is 0. The Morgan fingerprint density at radius 3 is 2.60 bits per heavy atom. The summed E-state index contributed by atoms with van der Waals surface area (Å²) in [5.41, 5.74) is 0.692. The smallest absolute Gasteiger partial charge is 0.303 e. The number of esters is 1. The minimum atomic E-state index is -0.449. The second-order valence-electron chi connectivity index (χ2n) is 6.05. The van der Waals surface area contributed by atoms with Crippen molar-refractivity contribution in [1.29, 1.82) is 0 Å². The van der Waals surface area contributed by atoms with Gasteiger partial charge < -0.3 is 9.64 Å². The van der Waals surface area contributed by atoms with E-state index in [1.165, 1.54) is 13.3 Å². The Morgan fingerprint density at radius 2 is 2.00 bits per heavy atom. The van der Waals surface area contributed by atoms with E-state index in [-0.39, 0.29) is 5.97 Å². The van der Waals surface area contributed by atoms with Crippen molar-refractivity contribution in [2.75, 3.05) is 20.6 Å². The Balaban J connectivity index is 2.39. The lowest BCUT2D eigenvalue weighted by Crippen LogP contribution is -2.46. The summed E-state index contributed by atoms with van der Waals surface area (Å²) in [7, 11) is 4.16. The maximum absolute atomic E-state index is 11.7. The van der Waals surface area contributed by atoms with Gasteiger partial charge in [0.05, 0.1) is 0 Å². The molecule has 0 amide bonds. The van der Waals surface area contributed by atoms with Crippen LogP contribution < -0.4 is 0 Å². The zero-order valence-corrected chi connectivity index (χ0v) is 12.8. The van der Waals surface area contributed by atoms with Gasteiger partial charge in [-0.2, -0.15) is 0 Å². The summed E-state index contributed by atoms with van der Waals surface area (Å²) in [6.07, 6.45) is 4.37. The van der Waals surface area contributed by atoms with Gasteiger partial charge in [0.1, 0.15) is 5.60 Å². The number of ether oxygens (including phenoxy) is 1. The van der Waals surface area contributed by atoms with Crippen molar-refractivity contribution in [3.05, 3.63) is 35.9 Å². The SMILES string of the molecule is CC(=O)O[C@]1(c2ccccc2)CCCC[C@H]1CN(C)C. The number of hydrogen-bond acceptors (Lipinski definition) is 3. The van der Waals surface area contributed by atoms with E-state index in [0.717, 1.165) is 31.4 Å². The quantitative estimate of drug-likeness (QED) is 0.790. The van der Waals surface area contributed by atoms with Gasteiger partial charge in [-0.25, -0.2) is 0 Å². The fourth-order valence-corrected chi connectivity index (χ4v) is 3.45. The first kappa shape index (κ1) is 15.0. The molecule has 1 aromatic rings. The molecule has 0 aliphatic heterocycles. The van der Waals surface area contributed by atoms with E-state index in [2.05, 4.69) is 31.1 Å². The summed E-state index contributed by atoms with van der Waals surface area (Å²) in [5.74, 6) is 0.178. The summed E-state index contributed by atoms with van der Waals surface area (Å²) in [6, 6.07) is 10.3. The molecule has 2 atom stereocenters. The van der Waals surface area contributed by atoms with Crippen LogP contribution in [0.3, 0.4) is 0 Å². The largest absolute Gasteiger partial charge is 0.454 e. The summed E-state index contributed by atoms with van der Waals surface area (Å²) in [6.45, 7) is 2.47. The lowest BCUT2D eigenvalue weighted by atomic mass is 9.71. The third-order valence-corrected chi connectivity index (χ3v) is 4.18. The van der Waals surface area contributed by atoms with E-state index in [1.807, 2.05) is 18.2 Å². The lowest BCUT2D eigenvalue weighted by Gasteiger charge is -2.44. The van der Waals surface area contributed by atoms with Gasteiger partial charge in [-0.1, -0.05) is 36.8 Å². The van der Waals surface area contributed by atoms with Gasteiger partial charge in [-0.05, 0) is 38.9 Å². The molecule has 3 nitrogen and oxygen atoms in total. The van der Waals surface area contributed by atoms with Crippen LogP contribution in [0, 0.1) is 5.92 Å². The van der Waals surface area contributed by atoms with Gasteiger partial charge in [0.2, 0.25) is 0 Å². The second kappa shape index (κ2) is 6.40. The molecule has 20 heavy (non-hydrogen) atoms. The first-order valence-electron chi connectivity index (χ1n) is 7.44. The summed E-state index contributed by atoms with van der Waals surface area (Å²) >= 11 is 0. The van der Waals surface area contributed by atoms with Crippen molar-refractivity contribution in [3.63, 3.8) is 0 Å². The molecule has 0 spiro atoms. The van der Waals surface area contributed by atoms with Crippen molar-refractivity contribution in [3.8, 4) is 0 Å². The van der Waals surface area contributed by atoms with Gasteiger partial charge in [0.25, 0.3) is 0 Å². The molecule has 1 aliphatic rings. The maximum Gasteiger partial charge on any atom is 0.303 e. The number of rotatable bonds is 4. The van der Waals surface area contributed by atoms with E-state index in [1.54, 1.807) is 0 Å². The minimum absolute atomic E-state index is 0.181. The van der Waals surface area contributed by atoms with E-state index in [0.29, 0.717) is 5.92 Å². The third kappa shape index (κ3) is 3.21. The molecular formula is C17H25NO2. The monoisotopic (exact) mass is 275 g/mol. The summed E-state index contributed by atoms with van der Waals surface area (Å²) < 4.78 is 5.91. The van der Waals surface area contributed by atoms with Crippen LogP contribution in [0.15, 0.2) is 30.3 Å². The molecule has 0 aromatic heterocycles. The van der Waals surface area contributed by atoms with Crippen LogP contribution in [0.25, 0.3) is 0 Å². The summed E-state index contributed by atoms with van der Waals surface area (Å²) in [4.78, 5) is 13.9. The number of carbonyl (C=O) groups is 1. The molecule has 3 heteroatoms. The molecule has 1 fully saturated rings. The Hall–Kier alpha value is -1.35. The maximum atomic E-state index is 11.7. The molecule has 1 saturated carbocycles. The molecule has 0 saturated heterocycles. The van der Waals surface area contributed by atoms with E-state index in [4.69, 9.17) is 4.74 Å². The number of benzene rings is 1. The van der Waals surface area contributed by atoms with Gasteiger partial charge in [0, 0.05) is 19.4 Å². The Morgan fingerprint density at radius 1 is 1.30 bits per heavy atom. The summed E-state index contributed by atoms with van der Waals surface area (Å²) in [5, 5.41) is 0. The predicted octanol–water partition coefficient (Wildman–Crippen LogP) is 3.20. The molecule has 0 unspecified atom stereocenters. The van der Waals surface area contributed by atoms with Crippen LogP contribution in [-0.2, 0) is 15.1 Å². The molecule has 0 heterocycles. The fourth-order valence-electron chi connectivity index (χ4n) is 3.45. The average molecular weight is 275 g/mol. The fraction of sp³-hybridized carbons (Fsp3) is 0.588. The molecule has 1 aliphatic carbocycles. The molecule has 0 radical (unpaired) electrons. The highest BCUT2D eigenvalue weighted by molar-refractivity contribution is 5.67. The van der Waals surface area contributed by atoms with Crippen LogP contribution in [0.1, 0.15) is 38.2 Å². The standard InChI is InChI=1S/C17H25NO2/c1-14(19)20-17(15-9-5-4-6-10-15)12-8-7-11-16(17)13-18(2)3/h4-6,9-10,16H,7-8,11-13H2,1-3H3/t16-,17-/m0/s1. The Bertz CT molecular complexity index is 444. The third-order valence-electron chi connectivity index (χ3n) is 4.18. The predicted molar refractivity (Wildman–Crippen MR) is 80.4 cm³/mol. The van der Waals surface area contributed by atoms with Crippen LogP contribution in [0.4, 0.5) is 0 Å². The molecule has 110 valence electrons. The van der Waals surface area contributed by atoms with Crippen LogP contribution in [0.5, 0.6) is 0 Å². The molecular weight excluding hydrogens is 250 g/mol. The highest BCUT2D eigenvalue weighted by atomic mass is 16.6. The normalized spacial score (nSPS) is 26.5. The van der Waals surface area contributed by atoms with Crippen molar-refractivity contribution in [1.82, 2.24) is 4.90 Å². The highest BCUT2D eigenvalue weighted by Gasteiger charge is 2.45. The lowest BCUT2D eigenvalue weighted by molar-refractivity contribution is -0.171. The molecule has 0 bridgehead atoms. The van der Waals surface area contributed by atoms with Gasteiger partial charge in [-0.3, -0.25) is 4.79 Å². The molecule has 0 N–H and O–H groups in total. The van der Waals surface area contributed by atoms with Crippen LogP contribution in [-0.4, -0.2) is 31.5 Å². The van der Waals surface area contributed by atoms with Crippen LogP contribution >= 0.6 is 0 Å². The Labute approximate surface area is 121 Å². The number of carbonyl (C=O) groups excluding carboxylic acids is 1. The first-order valence-corrected chi connectivity index (χ1v) is 7.44. The van der Waals surface area contributed by atoms with Crippen molar-refractivity contribution < 1.29 is 9.53 Å². The zero-order chi connectivity index (χ0) is 14.6. The highest BCUT2D eigenvalue weighted by Crippen LogP contribution is 2.45. The zero-order valence-electron chi connectivity index (χ0n) is 12.8. The van der Waals surface area contributed by atoms with Gasteiger partial charge >= 0.3 is 5.97 Å². The molecule has 1 aromatic carbocycles. The minimum Gasteiger partial charge on any atom is -0.454 e. The van der Waals surface area contributed by atoms with Gasteiger partial charge in [0.15, 0.2) is 0 Å². The van der Waals surface area contributed by atoms with Gasteiger partial charge in [-0.15, -0.1) is 0 Å².